The van der Waals surface area contributed by atoms with Gasteiger partial charge in [0, 0.05) is 12.6 Å². The number of hydrogen-bond donors (Lipinski definition) is 1. The molecule has 2 heterocycles. The van der Waals surface area contributed by atoms with Gasteiger partial charge in [-0.05, 0) is 24.3 Å². The van der Waals surface area contributed by atoms with Gasteiger partial charge in [-0.15, -0.1) is 0 Å². The predicted octanol–water partition coefficient (Wildman–Crippen LogP) is 2.20. The average molecular weight is 328 g/mol. The smallest absolute Gasteiger partial charge is 0.338 e. The van der Waals surface area contributed by atoms with Crippen LogP contribution in [0.25, 0.3) is 0 Å². The van der Waals surface area contributed by atoms with Crippen LogP contribution in [0, 0.1) is 0 Å². The van der Waals surface area contributed by atoms with Crippen LogP contribution in [0.1, 0.15) is 16.8 Å². The normalized spacial score (nSPS) is 17.6. The molecule has 0 aliphatic carbocycles. The van der Waals surface area contributed by atoms with Gasteiger partial charge in [0.2, 0.25) is 11.8 Å². The molecule has 3 rings (SSSR count). The molecule has 6 nitrogen and oxygen atoms in total. The van der Waals surface area contributed by atoms with E-state index in [0.717, 1.165) is 16.7 Å². The van der Waals surface area contributed by atoms with Gasteiger partial charge in [0.1, 0.15) is 5.03 Å². The fraction of sp³-hybridized carbons (Fsp3) is 0.125. The van der Waals surface area contributed by atoms with Crippen LogP contribution in [0.4, 0.5) is 5.69 Å². The Morgan fingerprint density at radius 2 is 1.91 bits per heavy atom. The lowest BCUT2D eigenvalue weighted by atomic mass is 10.3. The molecule has 1 fully saturated rings. The van der Waals surface area contributed by atoms with Gasteiger partial charge in [-0.3, -0.25) is 9.59 Å². The molecule has 23 heavy (non-hydrogen) atoms. The van der Waals surface area contributed by atoms with Crippen molar-refractivity contribution in [3.8, 4) is 0 Å². The van der Waals surface area contributed by atoms with E-state index in [-0.39, 0.29) is 28.8 Å². The number of pyridine rings is 1. The van der Waals surface area contributed by atoms with Crippen LogP contribution >= 0.6 is 11.8 Å². The number of carboxylic acid groups (broad SMARTS) is 1. The summed E-state index contributed by atoms with van der Waals surface area (Å²) >= 11 is 1.01. The summed E-state index contributed by atoms with van der Waals surface area (Å²) < 4.78 is 0. The number of imide groups is 1. The molecule has 0 spiro atoms. The minimum Gasteiger partial charge on any atom is -0.478 e. The molecule has 116 valence electrons. The quantitative estimate of drug-likeness (QED) is 0.866. The Kier molecular flexibility index (Phi) is 4.12. The number of rotatable bonds is 4. The van der Waals surface area contributed by atoms with Crippen molar-refractivity contribution in [1.29, 1.82) is 0 Å². The highest BCUT2D eigenvalue weighted by molar-refractivity contribution is 8.00. The van der Waals surface area contributed by atoms with Crippen LogP contribution in [-0.2, 0) is 9.59 Å². The van der Waals surface area contributed by atoms with Gasteiger partial charge in [-0.25, -0.2) is 14.7 Å². The fourth-order valence-corrected chi connectivity index (χ4v) is 3.43. The lowest BCUT2D eigenvalue weighted by Crippen LogP contribution is -2.31. The summed E-state index contributed by atoms with van der Waals surface area (Å²) in [6, 6.07) is 11.6. The van der Waals surface area contributed by atoms with Gasteiger partial charge in [-0.2, -0.15) is 0 Å². The van der Waals surface area contributed by atoms with E-state index >= 15 is 0 Å². The van der Waals surface area contributed by atoms with Gasteiger partial charge < -0.3 is 5.11 Å². The number of anilines is 1. The zero-order valence-electron chi connectivity index (χ0n) is 11.9. The molecule has 1 N–H and O–H groups in total. The average Bonchev–Trinajstić information content (AvgIpc) is 2.82. The number of carbonyl (C=O) groups excluding carboxylic acids is 2. The van der Waals surface area contributed by atoms with E-state index in [1.165, 1.54) is 18.3 Å². The number of aromatic carboxylic acids is 1. The highest BCUT2D eigenvalue weighted by atomic mass is 32.2. The van der Waals surface area contributed by atoms with Crippen molar-refractivity contribution in [2.45, 2.75) is 16.7 Å². The highest BCUT2D eigenvalue weighted by Crippen LogP contribution is 2.34. The number of carbonyl (C=O) groups is 3. The van der Waals surface area contributed by atoms with Crippen LogP contribution < -0.4 is 4.90 Å². The Balaban J connectivity index is 1.85. The molecule has 1 aliphatic rings. The zero-order valence-corrected chi connectivity index (χ0v) is 12.7. The van der Waals surface area contributed by atoms with Crippen molar-refractivity contribution in [3.63, 3.8) is 0 Å². The minimum absolute atomic E-state index is 0.0219. The Bertz CT molecular complexity index is 779. The molecule has 2 amide bonds. The minimum atomic E-state index is -1.11. The fourth-order valence-electron chi connectivity index (χ4n) is 2.33. The molecule has 0 saturated carbocycles. The number of thioether (sulfide) groups is 1. The van der Waals surface area contributed by atoms with E-state index < -0.39 is 11.2 Å². The van der Waals surface area contributed by atoms with E-state index in [1.54, 1.807) is 30.3 Å². The van der Waals surface area contributed by atoms with Crippen LogP contribution in [0.3, 0.4) is 0 Å². The zero-order chi connectivity index (χ0) is 16.4. The molecular formula is C16H12N2O4S. The third kappa shape index (κ3) is 2.95. The second-order valence-electron chi connectivity index (χ2n) is 4.87. The number of hydrogen-bond acceptors (Lipinski definition) is 5. The third-order valence-corrected chi connectivity index (χ3v) is 4.58. The summed E-state index contributed by atoms with van der Waals surface area (Å²) in [5.74, 6) is -1.77. The van der Waals surface area contributed by atoms with Gasteiger partial charge in [0.05, 0.1) is 16.5 Å². The standard InChI is InChI=1S/C16H12N2O4S/c19-13-9-12(15(20)18(13)10-5-2-1-3-6-10)23-14-11(16(21)22)7-4-8-17-14/h1-8,12H,9H2,(H,21,22)/t12-/m0/s1. The van der Waals surface area contributed by atoms with Crippen LogP contribution in [-0.4, -0.2) is 33.1 Å². The molecule has 1 aromatic carbocycles. The monoisotopic (exact) mass is 328 g/mol. The van der Waals surface area contributed by atoms with Crippen LogP contribution in [0.5, 0.6) is 0 Å². The number of para-hydroxylation sites is 1. The van der Waals surface area contributed by atoms with E-state index in [2.05, 4.69) is 4.98 Å². The first-order chi connectivity index (χ1) is 11.1. The maximum absolute atomic E-state index is 12.5. The van der Waals surface area contributed by atoms with Gasteiger partial charge in [-0.1, -0.05) is 30.0 Å². The number of aromatic nitrogens is 1. The highest BCUT2D eigenvalue weighted by Gasteiger charge is 2.40. The molecule has 1 aliphatic heterocycles. The van der Waals surface area contributed by atoms with Crippen molar-refractivity contribution >= 4 is 35.2 Å². The Morgan fingerprint density at radius 3 is 2.61 bits per heavy atom. The predicted molar refractivity (Wildman–Crippen MR) is 84.4 cm³/mol. The summed E-state index contributed by atoms with van der Waals surface area (Å²) in [7, 11) is 0. The number of benzene rings is 1. The SMILES string of the molecule is O=C(O)c1cccnc1S[C@H]1CC(=O)N(c2ccccc2)C1=O. The van der Waals surface area contributed by atoms with Gasteiger partial charge in [0.25, 0.3) is 0 Å². The summed E-state index contributed by atoms with van der Waals surface area (Å²) in [6.45, 7) is 0. The number of carboxylic acids is 1. The first-order valence-corrected chi connectivity index (χ1v) is 7.72. The first kappa shape index (κ1) is 15.2. The molecule has 0 unspecified atom stereocenters. The van der Waals surface area contributed by atoms with Crippen LogP contribution in [0.2, 0.25) is 0 Å². The maximum atomic E-state index is 12.5. The molecule has 7 heteroatoms. The Morgan fingerprint density at radius 1 is 1.17 bits per heavy atom. The molecule has 0 radical (unpaired) electrons. The first-order valence-electron chi connectivity index (χ1n) is 6.84. The van der Waals surface area contributed by atoms with Crippen LogP contribution in [0.15, 0.2) is 53.7 Å². The maximum Gasteiger partial charge on any atom is 0.338 e. The summed E-state index contributed by atoms with van der Waals surface area (Å²) in [6.07, 6.45) is 1.49. The van der Waals surface area contributed by atoms with Crippen molar-refractivity contribution in [1.82, 2.24) is 4.98 Å². The lowest BCUT2D eigenvalue weighted by Gasteiger charge is -2.14. The van der Waals surface area contributed by atoms with E-state index in [4.69, 9.17) is 0 Å². The van der Waals surface area contributed by atoms with E-state index in [0.29, 0.717) is 5.69 Å². The molecule has 1 saturated heterocycles. The Labute approximate surface area is 136 Å². The third-order valence-electron chi connectivity index (χ3n) is 3.38. The molecule has 1 atom stereocenters. The summed E-state index contributed by atoms with van der Waals surface area (Å²) in [4.78, 5) is 41.0. The largest absolute Gasteiger partial charge is 0.478 e. The van der Waals surface area contributed by atoms with Gasteiger partial charge in [0.15, 0.2) is 0 Å². The second kappa shape index (κ2) is 6.21. The Hall–Kier alpha value is -2.67. The lowest BCUT2D eigenvalue weighted by molar-refractivity contribution is -0.121. The van der Waals surface area contributed by atoms with Crippen molar-refractivity contribution < 1.29 is 19.5 Å². The number of nitrogens with zero attached hydrogens (tertiary/aromatic N) is 2. The molecular weight excluding hydrogens is 316 g/mol. The van der Waals surface area contributed by atoms with Crippen molar-refractivity contribution in [2.75, 3.05) is 4.90 Å². The second-order valence-corrected chi connectivity index (χ2v) is 6.07. The summed E-state index contributed by atoms with van der Waals surface area (Å²) in [5.41, 5.74) is 0.543. The van der Waals surface area contributed by atoms with Crippen molar-refractivity contribution in [2.24, 2.45) is 0 Å². The van der Waals surface area contributed by atoms with E-state index in [9.17, 15) is 19.5 Å². The number of amides is 2. The molecule has 0 bridgehead atoms. The summed E-state index contributed by atoms with van der Waals surface area (Å²) in [5, 5.41) is 8.74. The molecule has 1 aromatic heterocycles. The van der Waals surface area contributed by atoms with Gasteiger partial charge >= 0.3 is 5.97 Å². The van der Waals surface area contributed by atoms with Crippen molar-refractivity contribution in [3.05, 3.63) is 54.2 Å². The van der Waals surface area contributed by atoms with E-state index in [1.807, 2.05) is 0 Å². The topological polar surface area (TPSA) is 87.6 Å². The molecule has 2 aromatic rings.